The Kier molecular flexibility index (Phi) is 5.04. The highest BCUT2D eigenvalue weighted by molar-refractivity contribution is 5.77. The second kappa shape index (κ2) is 7.63. The standard InChI is InChI=1S/C20H20F2N2O4/c1-26-16-8-18-17(27-10-28-18)6-12(16)9-23-15-2-3-19(25)24-20(15)11-4-13(21)7-14(22)5-11/h4-8,15,20,23H,2-3,9-10H2,1H3,(H,24,25)/t15-,20+/m1/s1. The molecule has 0 unspecified atom stereocenters. The van der Waals surface area contributed by atoms with Gasteiger partial charge in [0.05, 0.1) is 13.2 Å². The van der Waals surface area contributed by atoms with Crippen molar-refractivity contribution in [3.63, 3.8) is 0 Å². The van der Waals surface area contributed by atoms with E-state index >= 15 is 0 Å². The predicted octanol–water partition coefficient (Wildman–Crippen LogP) is 2.81. The van der Waals surface area contributed by atoms with Gasteiger partial charge in [-0.2, -0.15) is 0 Å². The van der Waals surface area contributed by atoms with Gasteiger partial charge in [0.15, 0.2) is 11.5 Å². The topological polar surface area (TPSA) is 68.8 Å². The van der Waals surface area contributed by atoms with E-state index in [9.17, 15) is 13.6 Å². The highest BCUT2D eigenvalue weighted by Gasteiger charge is 2.30. The molecule has 4 rings (SSSR count). The minimum atomic E-state index is -0.675. The lowest BCUT2D eigenvalue weighted by molar-refractivity contribution is -0.123. The van der Waals surface area contributed by atoms with Gasteiger partial charge < -0.3 is 24.8 Å². The fraction of sp³-hybridized carbons (Fsp3) is 0.350. The van der Waals surface area contributed by atoms with E-state index in [1.807, 2.05) is 6.07 Å². The molecule has 0 bridgehead atoms. The minimum Gasteiger partial charge on any atom is -0.496 e. The van der Waals surface area contributed by atoms with Crippen molar-refractivity contribution in [2.45, 2.75) is 31.5 Å². The van der Waals surface area contributed by atoms with E-state index in [1.165, 1.54) is 12.1 Å². The van der Waals surface area contributed by atoms with E-state index in [2.05, 4.69) is 10.6 Å². The minimum absolute atomic E-state index is 0.145. The number of methoxy groups -OCH3 is 1. The number of carbonyl (C=O) groups is 1. The number of halogens is 2. The molecule has 0 saturated carbocycles. The largest absolute Gasteiger partial charge is 0.496 e. The van der Waals surface area contributed by atoms with Gasteiger partial charge in [-0.1, -0.05) is 0 Å². The lowest BCUT2D eigenvalue weighted by Crippen LogP contribution is -2.48. The van der Waals surface area contributed by atoms with Crippen molar-refractivity contribution in [2.75, 3.05) is 13.9 Å². The number of ether oxygens (including phenoxy) is 3. The summed E-state index contributed by atoms with van der Waals surface area (Å²) in [5.41, 5.74) is 1.24. The highest BCUT2D eigenvalue weighted by Crippen LogP contribution is 2.38. The molecule has 0 radical (unpaired) electrons. The summed E-state index contributed by atoms with van der Waals surface area (Å²) in [6.45, 7) is 0.589. The second-order valence-electron chi connectivity index (χ2n) is 6.79. The van der Waals surface area contributed by atoms with Crippen LogP contribution in [-0.4, -0.2) is 25.9 Å². The van der Waals surface area contributed by atoms with Crippen LogP contribution in [0.4, 0.5) is 8.78 Å². The molecule has 28 heavy (non-hydrogen) atoms. The molecule has 8 heteroatoms. The zero-order valence-corrected chi connectivity index (χ0v) is 15.3. The number of benzene rings is 2. The van der Waals surface area contributed by atoms with Gasteiger partial charge in [-0.25, -0.2) is 8.78 Å². The molecular formula is C20H20F2N2O4. The van der Waals surface area contributed by atoms with Crippen molar-refractivity contribution < 1.29 is 27.8 Å². The lowest BCUT2D eigenvalue weighted by atomic mass is 9.91. The van der Waals surface area contributed by atoms with Gasteiger partial charge in [-0.15, -0.1) is 0 Å². The third-order valence-corrected chi connectivity index (χ3v) is 4.98. The van der Waals surface area contributed by atoms with Crippen molar-refractivity contribution in [2.24, 2.45) is 0 Å². The summed E-state index contributed by atoms with van der Waals surface area (Å²) < 4.78 is 43.5. The Hall–Kier alpha value is -2.87. The molecule has 0 aromatic heterocycles. The number of hydrogen-bond donors (Lipinski definition) is 2. The Morgan fingerprint density at radius 3 is 2.57 bits per heavy atom. The van der Waals surface area contributed by atoms with E-state index in [0.717, 1.165) is 11.6 Å². The van der Waals surface area contributed by atoms with Crippen molar-refractivity contribution in [3.8, 4) is 17.2 Å². The van der Waals surface area contributed by atoms with Crippen LogP contribution in [0.1, 0.15) is 30.0 Å². The third-order valence-electron chi connectivity index (χ3n) is 4.98. The van der Waals surface area contributed by atoms with Crippen molar-refractivity contribution >= 4 is 5.91 Å². The number of piperidine rings is 1. The Morgan fingerprint density at radius 1 is 1.14 bits per heavy atom. The average molecular weight is 390 g/mol. The van der Waals surface area contributed by atoms with Crippen molar-refractivity contribution in [1.82, 2.24) is 10.6 Å². The Balaban J connectivity index is 1.55. The normalized spacial score (nSPS) is 20.8. The number of amides is 1. The molecule has 2 aromatic rings. The van der Waals surface area contributed by atoms with Crippen molar-refractivity contribution in [3.05, 3.63) is 53.1 Å². The molecule has 1 saturated heterocycles. The van der Waals surface area contributed by atoms with Crippen LogP contribution in [0.15, 0.2) is 30.3 Å². The van der Waals surface area contributed by atoms with E-state index in [-0.39, 0.29) is 18.7 Å². The summed E-state index contributed by atoms with van der Waals surface area (Å²) >= 11 is 0. The summed E-state index contributed by atoms with van der Waals surface area (Å²) in [4.78, 5) is 11.9. The van der Waals surface area contributed by atoms with E-state index in [1.54, 1.807) is 13.2 Å². The maximum absolute atomic E-state index is 13.7. The van der Waals surface area contributed by atoms with Crippen LogP contribution in [-0.2, 0) is 11.3 Å². The second-order valence-corrected chi connectivity index (χ2v) is 6.79. The quantitative estimate of drug-likeness (QED) is 0.822. The predicted molar refractivity (Wildman–Crippen MR) is 96.2 cm³/mol. The third kappa shape index (κ3) is 3.73. The van der Waals surface area contributed by atoms with Crippen LogP contribution in [0.25, 0.3) is 0 Å². The SMILES string of the molecule is COc1cc2c(cc1CN[C@@H]1CCC(=O)N[C@H]1c1cc(F)cc(F)c1)OCO2. The van der Waals surface area contributed by atoms with Gasteiger partial charge in [0.2, 0.25) is 12.7 Å². The zero-order valence-electron chi connectivity index (χ0n) is 15.3. The molecule has 1 amide bonds. The molecule has 0 aliphatic carbocycles. The molecule has 2 aliphatic rings. The first-order chi connectivity index (χ1) is 13.5. The number of rotatable bonds is 5. The summed E-state index contributed by atoms with van der Waals surface area (Å²) in [6.07, 6.45) is 0.881. The molecule has 2 aromatic carbocycles. The van der Waals surface area contributed by atoms with Crippen LogP contribution < -0.4 is 24.8 Å². The van der Waals surface area contributed by atoms with Gasteiger partial charge >= 0.3 is 0 Å². The van der Waals surface area contributed by atoms with Crippen LogP contribution in [0, 0.1) is 11.6 Å². The van der Waals surface area contributed by atoms with Crippen LogP contribution in [0.3, 0.4) is 0 Å². The molecule has 6 nitrogen and oxygen atoms in total. The molecule has 2 atom stereocenters. The summed E-state index contributed by atoms with van der Waals surface area (Å²) in [5, 5.41) is 6.21. The first-order valence-electron chi connectivity index (χ1n) is 8.99. The first kappa shape index (κ1) is 18.5. The Morgan fingerprint density at radius 2 is 1.86 bits per heavy atom. The monoisotopic (exact) mass is 390 g/mol. The molecule has 2 heterocycles. The van der Waals surface area contributed by atoms with Crippen LogP contribution >= 0.6 is 0 Å². The van der Waals surface area contributed by atoms with Crippen LogP contribution in [0.5, 0.6) is 17.2 Å². The maximum atomic E-state index is 13.7. The van der Waals surface area contributed by atoms with Gasteiger partial charge in [0.1, 0.15) is 17.4 Å². The molecule has 148 valence electrons. The fourth-order valence-electron chi connectivity index (χ4n) is 3.62. The van der Waals surface area contributed by atoms with Crippen molar-refractivity contribution in [1.29, 1.82) is 0 Å². The zero-order chi connectivity index (χ0) is 19.7. The van der Waals surface area contributed by atoms with Crippen LogP contribution in [0.2, 0.25) is 0 Å². The van der Waals surface area contributed by atoms with Gasteiger partial charge in [-0.3, -0.25) is 4.79 Å². The van der Waals surface area contributed by atoms with E-state index < -0.39 is 17.7 Å². The molecule has 0 spiro atoms. The van der Waals surface area contributed by atoms with Gasteiger partial charge in [0, 0.05) is 36.7 Å². The smallest absolute Gasteiger partial charge is 0.231 e. The first-order valence-corrected chi connectivity index (χ1v) is 8.99. The number of nitrogens with one attached hydrogen (secondary N) is 2. The molecular weight excluding hydrogens is 370 g/mol. The molecule has 2 aliphatic heterocycles. The number of carbonyl (C=O) groups excluding carboxylic acids is 1. The fourth-order valence-corrected chi connectivity index (χ4v) is 3.62. The highest BCUT2D eigenvalue weighted by atomic mass is 19.1. The Labute approximate surface area is 160 Å². The van der Waals surface area contributed by atoms with Gasteiger partial charge in [0.25, 0.3) is 0 Å². The molecule has 1 fully saturated rings. The summed E-state index contributed by atoms with van der Waals surface area (Å²) in [5.74, 6) is 0.410. The average Bonchev–Trinajstić information content (AvgIpc) is 3.12. The van der Waals surface area contributed by atoms with E-state index in [0.29, 0.717) is 42.2 Å². The number of fused-ring (bicyclic) bond motifs is 1. The Bertz CT molecular complexity index is 886. The van der Waals surface area contributed by atoms with Gasteiger partial charge in [-0.05, 0) is 30.2 Å². The molecule has 2 N–H and O–H groups in total. The number of hydrogen-bond acceptors (Lipinski definition) is 5. The lowest BCUT2D eigenvalue weighted by Gasteiger charge is -2.33. The van der Waals surface area contributed by atoms with E-state index in [4.69, 9.17) is 14.2 Å². The summed E-state index contributed by atoms with van der Waals surface area (Å²) in [7, 11) is 1.57. The summed E-state index contributed by atoms with van der Waals surface area (Å²) in [6, 6.07) is 6.17. The maximum Gasteiger partial charge on any atom is 0.231 e.